The summed E-state index contributed by atoms with van der Waals surface area (Å²) in [6.45, 7) is 1.80. The van der Waals surface area contributed by atoms with Gasteiger partial charge >= 0.3 is 47.9 Å². The van der Waals surface area contributed by atoms with Crippen LogP contribution in [0.5, 0.6) is 0 Å². The lowest BCUT2D eigenvalue weighted by Gasteiger charge is -2.42. The van der Waals surface area contributed by atoms with E-state index in [9.17, 15) is 70.2 Å². The first-order valence-electron chi connectivity index (χ1n) is 5.57. The SMILES string of the molecule is C=CC(F)(F)C(F)(F)C(F)(F)C(F)(F)C(F)(F)C(F)(F)C(F)(F)C(F)F. The molecule has 16 heteroatoms. The predicted molar refractivity (Wildman–Crippen MR) is 50.8 cm³/mol. The summed E-state index contributed by atoms with van der Waals surface area (Å²) in [5, 5.41) is 0. The maximum Gasteiger partial charge on any atom is 0.385 e. The van der Waals surface area contributed by atoms with Gasteiger partial charge in [-0.05, 0) is 6.08 Å². The van der Waals surface area contributed by atoms with Gasteiger partial charge in [-0.1, -0.05) is 6.58 Å². The lowest BCUT2D eigenvalue weighted by atomic mass is 9.89. The van der Waals surface area contributed by atoms with Gasteiger partial charge < -0.3 is 0 Å². The van der Waals surface area contributed by atoms with E-state index in [1.807, 2.05) is 0 Å². The topological polar surface area (TPSA) is 0 Å². The van der Waals surface area contributed by atoms with Crippen molar-refractivity contribution in [1.29, 1.82) is 0 Å². The van der Waals surface area contributed by atoms with Gasteiger partial charge in [-0.3, -0.25) is 0 Å². The number of halogens is 16. The van der Waals surface area contributed by atoms with Crippen LogP contribution in [0.25, 0.3) is 0 Å². The maximum atomic E-state index is 13.0. The highest BCUT2D eigenvalue weighted by atomic mass is 19.4. The van der Waals surface area contributed by atoms with Gasteiger partial charge in [0.2, 0.25) is 0 Å². The molecule has 26 heavy (non-hydrogen) atoms. The van der Waals surface area contributed by atoms with Crippen molar-refractivity contribution in [3.05, 3.63) is 12.7 Å². The number of alkyl halides is 16. The molecule has 0 amide bonds. The minimum absolute atomic E-state index is 1.44. The fourth-order valence-corrected chi connectivity index (χ4v) is 1.28. The second-order valence-corrected chi connectivity index (χ2v) is 4.62. The largest absolute Gasteiger partial charge is 0.385 e. The average molecular weight is 428 g/mol. The van der Waals surface area contributed by atoms with E-state index in [0.29, 0.717) is 0 Å². The van der Waals surface area contributed by atoms with Gasteiger partial charge in [-0.2, -0.15) is 61.5 Å². The Morgan fingerprint density at radius 3 is 1.04 bits per heavy atom. The van der Waals surface area contributed by atoms with Crippen molar-refractivity contribution in [2.45, 2.75) is 47.9 Å². The summed E-state index contributed by atoms with van der Waals surface area (Å²) in [7, 11) is 0. The second-order valence-electron chi connectivity index (χ2n) is 4.62. The van der Waals surface area contributed by atoms with Crippen molar-refractivity contribution in [2.24, 2.45) is 0 Å². The Kier molecular flexibility index (Phi) is 5.75. The fourth-order valence-electron chi connectivity index (χ4n) is 1.28. The summed E-state index contributed by atoms with van der Waals surface area (Å²) < 4.78 is 203. The third-order valence-electron chi connectivity index (χ3n) is 2.95. The molecule has 156 valence electrons. The van der Waals surface area contributed by atoms with Crippen molar-refractivity contribution >= 4 is 0 Å². The molecule has 0 spiro atoms. The molecule has 0 unspecified atom stereocenters. The summed E-state index contributed by atoms with van der Waals surface area (Å²) in [6.07, 6.45) is -7.29. The van der Waals surface area contributed by atoms with E-state index < -0.39 is 54.0 Å². The number of rotatable bonds is 8. The van der Waals surface area contributed by atoms with Crippen LogP contribution in [0.3, 0.4) is 0 Å². The normalized spacial score (nSPS) is 16.2. The first kappa shape index (κ1) is 24.6. The zero-order valence-corrected chi connectivity index (χ0v) is 11.4. The Hall–Kier alpha value is -1.38. The van der Waals surface area contributed by atoms with Gasteiger partial charge in [0.25, 0.3) is 0 Å². The Morgan fingerprint density at radius 1 is 0.500 bits per heavy atom. The molecular formula is C10H4F16. The molecule has 0 aromatic heterocycles. The molecule has 0 saturated carbocycles. The summed E-state index contributed by atoms with van der Waals surface area (Å²) >= 11 is 0. The van der Waals surface area contributed by atoms with E-state index in [-0.39, 0.29) is 0 Å². The van der Waals surface area contributed by atoms with Crippen LogP contribution in [0.15, 0.2) is 12.7 Å². The number of allylic oxidation sites excluding steroid dienone is 1. The van der Waals surface area contributed by atoms with Gasteiger partial charge in [-0.15, -0.1) is 0 Å². The standard InChI is InChI=1S/C10H4F16/c1-2-4(13,14)6(17,18)8(21,22)10(25,26)9(23,24)7(19,20)5(15,16)3(11)12/h2-3H,1H2. The van der Waals surface area contributed by atoms with Crippen LogP contribution in [0.4, 0.5) is 70.2 Å². The monoisotopic (exact) mass is 428 g/mol. The molecular weight excluding hydrogens is 424 g/mol. The molecule has 0 fully saturated rings. The Labute approximate surface area is 132 Å². The molecule has 0 N–H and O–H groups in total. The average Bonchev–Trinajstić information content (AvgIpc) is 2.45. The minimum Gasteiger partial charge on any atom is -0.203 e. The molecule has 0 aliphatic carbocycles. The molecule has 0 aliphatic rings. The maximum absolute atomic E-state index is 13.0. The molecule has 0 bridgehead atoms. The highest BCUT2D eigenvalue weighted by Crippen LogP contribution is 2.62. The van der Waals surface area contributed by atoms with Crippen molar-refractivity contribution in [3.8, 4) is 0 Å². The van der Waals surface area contributed by atoms with Gasteiger partial charge in [0.15, 0.2) is 0 Å². The summed E-state index contributed by atoms with van der Waals surface area (Å²) in [5.41, 5.74) is 0. The van der Waals surface area contributed by atoms with Crippen LogP contribution < -0.4 is 0 Å². The van der Waals surface area contributed by atoms with Crippen LogP contribution >= 0.6 is 0 Å². The molecule has 0 nitrogen and oxygen atoms in total. The van der Waals surface area contributed by atoms with Crippen LogP contribution in [0, 0.1) is 0 Å². The van der Waals surface area contributed by atoms with Gasteiger partial charge in [0.05, 0.1) is 0 Å². The van der Waals surface area contributed by atoms with Gasteiger partial charge in [-0.25, -0.2) is 8.78 Å². The van der Waals surface area contributed by atoms with E-state index in [4.69, 9.17) is 0 Å². The molecule has 0 aliphatic heterocycles. The summed E-state index contributed by atoms with van der Waals surface area (Å²) in [6, 6.07) is 0. The highest BCUT2D eigenvalue weighted by Gasteiger charge is 2.93. The van der Waals surface area contributed by atoms with Gasteiger partial charge in [0.1, 0.15) is 0 Å². The van der Waals surface area contributed by atoms with E-state index in [0.717, 1.165) is 0 Å². The lowest BCUT2D eigenvalue weighted by molar-refractivity contribution is -0.443. The van der Waals surface area contributed by atoms with Crippen molar-refractivity contribution in [3.63, 3.8) is 0 Å². The molecule has 0 aromatic carbocycles. The highest BCUT2D eigenvalue weighted by molar-refractivity contribution is 5.16. The van der Waals surface area contributed by atoms with Crippen LogP contribution in [0.1, 0.15) is 0 Å². The Bertz CT molecular complexity index is 529. The fraction of sp³-hybridized carbons (Fsp3) is 0.800. The van der Waals surface area contributed by atoms with E-state index in [2.05, 4.69) is 0 Å². The third kappa shape index (κ3) is 2.78. The molecule has 0 rings (SSSR count). The molecule has 0 heterocycles. The van der Waals surface area contributed by atoms with Crippen molar-refractivity contribution < 1.29 is 70.2 Å². The van der Waals surface area contributed by atoms with E-state index in [1.165, 1.54) is 0 Å². The Morgan fingerprint density at radius 2 is 0.769 bits per heavy atom. The molecule has 0 saturated heterocycles. The van der Waals surface area contributed by atoms with E-state index >= 15 is 0 Å². The zero-order chi connectivity index (χ0) is 21.8. The Balaban J connectivity index is 6.59. The van der Waals surface area contributed by atoms with Crippen molar-refractivity contribution in [1.82, 2.24) is 0 Å². The molecule has 0 radical (unpaired) electrons. The summed E-state index contributed by atoms with van der Waals surface area (Å²) in [5.74, 6) is -54.3. The van der Waals surface area contributed by atoms with Crippen LogP contribution in [0.2, 0.25) is 0 Å². The number of hydrogen-bond donors (Lipinski definition) is 0. The first-order chi connectivity index (χ1) is 11.0. The predicted octanol–water partition coefficient (Wildman–Crippen LogP) is 5.88. The summed E-state index contributed by atoms with van der Waals surface area (Å²) in [4.78, 5) is 0. The quantitative estimate of drug-likeness (QED) is 0.335. The second kappa shape index (κ2) is 6.07. The smallest absolute Gasteiger partial charge is 0.203 e. The lowest BCUT2D eigenvalue weighted by Crippen LogP contribution is -2.73. The van der Waals surface area contributed by atoms with Gasteiger partial charge in [0, 0.05) is 0 Å². The minimum atomic E-state index is -8.35. The first-order valence-corrected chi connectivity index (χ1v) is 5.57. The van der Waals surface area contributed by atoms with Crippen LogP contribution in [-0.4, -0.2) is 47.9 Å². The third-order valence-corrected chi connectivity index (χ3v) is 2.95. The molecule has 0 atom stereocenters. The zero-order valence-electron chi connectivity index (χ0n) is 11.4. The molecule has 0 aromatic rings. The van der Waals surface area contributed by atoms with Crippen molar-refractivity contribution in [2.75, 3.05) is 0 Å². The van der Waals surface area contributed by atoms with E-state index in [1.54, 1.807) is 6.58 Å². The van der Waals surface area contributed by atoms with Crippen LogP contribution in [-0.2, 0) is 0 Å². The number of hydrogen-bond acceptors (Lipinski definition) is 0.